The van der Waals surface area contributed by atoms with Crippen LogP contribution in [0, 0.1) is 57.0 Å². The lowest BCUT2D eigenvalue weighted by atomic mass is 9.46. The first-order valence-electron chi connectivity index (χ1n) is 14.0. The molecule has 0 aromatic rings. The maximum atomic E-state index is 11.6. The average molecular weight is 486 g/mol. The number of hydrogen-bond acceptors (Lipinski definition) is 4. The molecule has 0 radical (unpaired) electrons. The number of fused-ring (bicyclic) bond motifs is 5. The molecule has 0 bridgehead atoms. The van der Waals surface area contributed by atoms with Crippen LogP contribution in [0.4, 0.5) is 0 Å². The second kappa shape index (κ2) is 10.2. The van der Waals surface area contributed by atoms with Crippen molar-refractivity contribution < 1.29 is 9.53 Å². The largest absolute Gasteiger partial charge is 0.462 e. The van der Waals surface area contributed by atoms with Gasteiger partial charge in [0.25, 0.3) is 0 Å². The van der Waals surface area contributed by atoms with Crippen molar-refractivity contribution in [3.63, 3.8) is 0 Å². The lowest BCUT2D eigenvalue weighted by Crippen LogP contribution is -2.54. The number of hydrogen-bond donors (Lipinski definition) is 0. The van der Waals surface area contributed by atoms with E-state index in [1.807, 2.05) is 0 Å². The summed E-state index contributed by atoms with van der Waals surface area (Å²) in [6, 6.07) is 0. The average Bonchev–Trinajstić information content (AvgIpc) is 3.11. The molecule has 190 valence electrons. The number of nitriles is 1. The highest BCUT2D eigenvalue weighted by molar-refractivity contribution is 8.04. The van der Waals surface area contributed by atoms with Crippen LogP contribution in [0.15, 0.2) is 11.6 Å². The molecule has 4 aliphatic rings. The highest BCUT2D eigenvalue weighted by atomic mass is 32.2. The summed E-state index contributed by atoms with van der Waals surface area (Å²) in [6.45, 7) is 13.9. The van der Waals surface area contributed by atoms with E-state index in [9.17, 15) is 10.1 Å². The fraction of sp³-hybridized carbons (Fsp3) is 0.867. The minimum Gasteiger partial charge on any atom is -0.462 e. The van der Waals surface area contributed by atoms with Crippen LogP contribution in [0.5, 0.6) is 0 Å². The first-order chi connectivity index (χ1) is 16.1. The SMILES string of the molecule is CC(=O)O[C@H]1CC[C@@]2(C)C(=C[C@@H](SC#N)[C@@H]3[C@H]4CC[C@@H]([C@H](C)CCCC(C)C)[C@]4(C)CC[C@H]32)C1. The topological polar surface area (TPSA) is 50.1 Å². The van der Waals surface area contributed by atoms with E-state index < -0.39 is 0 Å². The third-order valence-electron chi connectivity index (χ3n) is 10.8. The molecule has 4 rings (SSSR count). The van der Waals surface area contributed by atoms with Gasteiger partial charge in [0.05, 0.1) is 0 Å². The van der Waals surface area contributed by atoms with Gasteiger partial charge in [-0.1, -0.05) is 65.5 Å². The number of rotatable bonds is 7. The van der Waals surface area contributed by atoms with Crippen LogP contribution in [0.1, 0.15) is 106 Å². The molecule has 0 saturated heterocycles. The van der Waals surface area contributed by atoms with Gasteiger partial charge in [0.1, 0.15) is 11.5 Å². The van der Waals surface area contributed by atoms with Crippen molar-refractivity contribution in [2.45, 2.75) is 117 Å². The molecule has 3 nitrogen and oxygen atoms in total. The summed E-state index contributed by atoms with van der Waals surface area (Å²) in [4.78, 5) is 11.6. The molecule has 3 fully saturated rings. The molecule has 4 heteroatoms. The molecule has 0 amide bonds. The Hall–Kier alpha value is -0.950. The molecule has 0 N–H and O–H groups in total. The van der Waals surface area contributed by atoms with Gasteiger partial charge in [-0.3, -0.25) is 4.79 Å². The van der Waals surface area contributed by atoms with Crippen molar-refractivity contribution in [3.05, 3.63) is 11.6 Å². The Bertz CT molecular complexity index is 830. The fourth-order valence-corrected chi connectivity index (χ4v) is 10.0. The van der Waals surface area contributed by atoms with E-state index in [1.54, 1.807) is 0 Å². The summed E-state index contributed by atoms with van der Waals surface area (Å²) < 4.78 is 5.64. The summed E-state index contributed by atoms with van der Waals surface area (Å²) in [5.41, 5.74) is 2.10. The molecule has 34 heavy (non-hydrogen) atoms. The molecular formula is C30H47NO2S. The van der Waals surface area contributed by atoms with Crippen molar-refractivity contribution in [1.82, 2.24) is 0 Å². The molecule has 9 atom stereocenters. The predicted octanol–water partition coefficient (Wildman–Crippen LogP) is 8.15. The normalized spacial score (nSPS) is 42.1. The first-order valence-corrected chi connectivity index (χ1v) is 14.9. The summed E-state index contributed by atoms with van der Waals surface area (Å²) in [7, 11) is 0. The second-order valence-corrected chi connectivity index (χ2v) is 14.0. The maximum absolute atomic E-state index is 11.6. The van der Waals surface area contributed by atoms with Crippen LogP contribution in [-0.4, -0.2) is 17.3 Å². The first kappa shape index (κ1) is 26.1. The highest BCUT2D eigenvalue weighted by Gasteiger charge is 2.61. The predicted molar refractivity (Wildman–Crippen MR) is 141 cm³/mol. The molecule has 0 unspecified atom stereocenters. The molecule has 3 saturated carbocycles. The number of carbonyl (C=O) groups is 1. The standard InChI is InChI=1S/C30H47NO2S/c1-19(2)8-7-9-20(3)24-10-11-25-28-26(13-15-30(24,25)6)29(5)14-12-23(33-21(4)32)16-22(29)17-27(28)34-18-31/h17,19-20,23-28H,7-16H2,1-6H3/t20-,23+,24+,25-,26-,27-,28-,29+,30+/m1/s1. The molecule has 0 aromatic heterocycles. The van der Waals surface area contributed by atoms with Crippen LogP contribution in [0.3, 0.4) is 0 Å². The third-order valence-corrected chi connectivity index (χ3v) is 11.6. The third kappa shape index (κ3) is 4.72. The van der Waals surface area contributed by atoms with Crippen molar-refractivity contribution in [2.24, 2.45) is 46.3 Å². The van der Waals surface area contributed by atoms with Crippen molar-refractivity contribution in [1.29, 1.82) is 5.26 Å². The van der Waals surface area contributed by atoms with E-state index in [-0.39, 0.29) is 22.7 Å². The number of carbonyl (C=O) groups excluding carboxylic acids is 1. The molecule has 0 aromatic carbocycles. The highest BCUT2D eigenvalue weighted by Crippen LogP contribution is 2.68. The smallest absolute Gasteiger partial charge is 0.302 e. The van der Waals surface area contributed by atoms with Crippen LogP contribution in [0.2, 0.25) is 0 Å². The molecule has 0 heterocycles. The lowest BCUT2D eigenvalue weighted by Gasteiger charge is -2.60. The van der Waals surface area contributed by atoms with Gasteiger partial charge in [-0.05, 0) is 96.6 Å². The van der Waals surface area contributed by atoms with Crippen molar-refractivity contribution >= 4 is 17.7 Å². The van der Waals surface area contributed by atoms with Crippen LogP contribution < -0.4 is 0 Å². The maximum Gasteiger partial charge on any atom is 0.302 e. The van der Waals surface area contributed by atoms with Gasteiger partial charge in [-0.2, -0.15) is 5.26 Å². The zero-order valence-electron chi connectivity index (χ0n) is 22.4. The lowest BCUT2D eigenvalue weighted by molar-refractivity contribution is -0.148. The van der Waals surface area contributed by atoms with E-state index >= 15 is 0 Å². The van der Waals surface area contributed by atoms with Gasteiger partial charge in [0.15, 0.2) is 0 Å². The van der Waals surface area contributed by atoms with E-state index in [0.29, 0.717) is 17.3 Å². The molecule has 4 aliphatic carbocycles. The van der Waals surface area contributed by atoms with Crippen LogP contribution >= 0.6 is 11.8 Å². The Morgan fingerprint density at radius 1 is 1.15 bits per heavy atom. The van der Waals surface area contributed by atoms with Crippen molar-refractivity contribution in [3.8, 4) is 5.40 Å². The summed E-state index contributed by atoms with van der Waals surface area (Å²) in [6.07, 6.45) is 14.9. The summed E-state index contributed by atoms with van der Waals surface area (Å²) in [5.74, 6) is 4.26. The number of esters is 1. The van der Waals surface area contributed by atoms with E-state index in [0.717, 1.165) is 42.9 Å². The number of thioether (sulfide) groups is 1. The van der Waals surface area contributed by atoms with Crippen molar-refractivity contribution in [2.75, 3.05) is 0 Å². The van der Waals surface area contributed by atoms with E-state index in [4.69, 9.17) is 4.74 Å². The summed E-state index contributed by atoms with van der Waals surface area (Å²) >= 11 is 1.50. The molecular weight excluding hydrogens is 438 g/mol. The van der Waals surface area contributed by atoms with Gasteiger partial charge in [0.2, 0.25) is 0 Å². The minimum absolute atomic E-state index is 0.0116. The quantitative estimate of drug-likeness (QED) is 0.207. The fourth-order valence-electron chi connectivity index (χ4n) is 9.12. The Morgan fingerprint density at radius 2 is 1.91 bits per heavy atom. The van der Waals surface area contributed by atoms with Gasteiger partial charge in [-0.25, -0.2) is 0 Å². The van der Waals surface area contributed by atoms with Gasteiger partial charge in [0, 0.05) is 18.6 Å². The number of thiocyanates is 1. The number of ether oxygens (including phenoxy) is 1. The zero-order valence-corrected chi connectivity index (χ0v) is 23.3. The minimum atomic E-state index is -0.168. The summed E-state index contributed by atoms with van der Waals surface area (Å²) in [5, 5.41) is 12.5. The zero-order chi connectivity index (χ0) is 24.7. The van der Waals surface area contributed by atoms with Crippen LogP contribution in [0.25, 0.3) is 0 Å². The molecule has 0 aliphatic heterocycles. The Labute approximate surface area is 212 Å². The molecule has 0 spiro atoms. The Morgan fingerprint density at radius 3 is 2.59 bits per heavy atom. The second-order valence-electron chi connectivity index (χ2n) is 13.1. The van der Waals surface area contributed by atoms with Crippen LogP contribution in [-0.2, 0) is 9.53 Å². The van der Waals surface area contributed by atoms with E-state index in [2.05, 4.69) is 46.1 Å². The monoisotopic (exact) mass is 485 g/mol. The van der Waals surface area contributed by atoms with E-state index in [1.165, 1.54) is 69.2 Å². The Balaban J connectivity index is 1.58. The number of nitrogens with zero attached hydrogens (tertiary/aromatic N) is 1. The van der Waals surface area contributed by atoms with Gasteiger partial charge < -0.3 is 4.74 Å². The Kier molecular flexibility index (Phi) is 7.83. The van der Waals surface area contributed by atoms with Gasteiger partial charge >= 0.3 is 5.97 Å². The van der Waals surface area contributed by atoms with Gasteiger partial charge in [-0.15, -0.1) is 0 Å².